The SMILES string of the molecule is CC(C)[Si](Oc1c(OCC2(F)CCCN(C)C2)c(-c2ncnc3ccccc23)c2c(F)c(C#C[Si](C(C)C)(C(C)C)C(C)(C)F)c(F)cc2c1N1C[C@H]2CC[C@@H](C1)N2)(C(C)C)C(C)C. The van der Waals surface area contributed by atoms with Crippen LogP contribution in [0.3, 0.4) is 0 Å². The third-order valence-corrected chi connectivity index (χ3v) is 27.2. The molecule has 3 aromatic carbocycles. The molecule has 13 heteroatoms. The molecule has 3 aliphatic rings. The zero-order chi connectivity index (χ0) is 46.7. The highest BCUT2D eigenvalue weighted by atomic mass is 28.4. The number of halogens is 4. The number of benzene rings is 3. The van der Waals surface area contributed by atoms with Gasteiger partial charge in [0, 0.05) is 47.9 Å². The standard InChI is InChI=1S/C51H71F4N5O2Si2/c1-31(2)63(32(3)4,50(11,12)54)24-21-38-41(52)25-40-43(45(38)53)44(46-39-17-14-15-18-42(39)56-30-57-46)48(61-29-51(55)22-16-23-59(13)28-51)49(62-64(33(5)6,34(7)8)35(9)10)47(40)60-26-36-19-20-37(27-60)58-36/h14-15,17-18,25,30-37,58H,16,19-20,22-23,26-29H2,1-13H3/t36-,37+,51?. The second-order valence-corrected chi connectivity index (χ2v) is 32.1. The summed E-state index contributed by atoms with van der Waals surface area (Å²) >= 11 is 0. The number of alkyl halides is 2. The predicted molar refractivity (Wildman–Crippen MR) is 260 cm³/mol. The molecular formula is C51H71F4N5O2Si2. The van der Waals surface area contributed by atoms with Gasteiger partial charge in [0.25, 0.3) is 8.32 Å². The second-order valence-electron chi connectivity index (χ2n) is 21.2. The maximum atomic E-state index is 18.6. The van der Waals surface area contributed by atoms with E-state index in [1.165, 1.54) is 12.4 Å². The summed E-state index contributed by atoms with van der Waals surface area (Å²) in [6, 6.07) is 9.19. The molecule has 0 amide bonds. The Morgan fingerprint density at radius 2 is 1.52 bits per heavy atom. The van der Waals surface area contributed by atoms with Crippen LogP contribution >= 0.6 is 0 Å². The van der Waals surface area contributed by atoms with Gasteiger partial charge >= 0.3 is 0 Å². The van der Waals surface area contributed by atoms with Gasteiger partial charge in [-0.15, -0.1) is 5.54 Å². The molecule has 1 N–H and O–H groups in total. The van der Waals surface area contributed by atoms with Crippen molar-refractivity contribution in [2.24, 2.45) is 0 Å². The van der Waals surface area contributed by atoms with Crippen molar-refractivity contribution in [1.82, 2.24) is 20.2 Å². The minimum atomic E-state index is -3.22. The van der Waals surface area contributed by atoms with Crippen LogP contribution in [-0.2, 0) is 0 Å². The van der Waals surface area contributed by atoms with Gasteiger partial charge in [0.2, 0.25) is 0 Å². The molecule has 1 aromatic heterocycles. The Bertz CT molecular complexity index is 2380. The maximum absolute atomic E-state index is 18.6. The highest BCUT2D eigenvalue weighted by molar-refractivity contribution is 6.91. The molecule has 7 rings (SSSR count). The van der Waals surface area contributed by atoms with E-state index in [1.807, 2.05) is 63.9 Å². The van der Waals surface area contributed by atoms with E-state index in [1.54, 1.807) is 13.8 Å². The second kappa shape index (κ2) is 18.2. The molecule has 1 unspecified atom stereocenters. The minimum absolute atomic E-state index is 0.0539. The molecule has 348 valence electrons. The fourth-order valence-corrected chi connectivity index (χ4v) is 22.9. The van der Waals surface area contributed by atoms with Crippen LogP contribution in [0.5, 0.6) is 11.5 Å². The van der Waals surface area contributed by atoms with E-state index in [9.17, 15) is 0 Å². The van der Waals surface area contributed by atoms with E-state index in [2.05, 4.69) is 68.2 Å². The molecule has 4 aromatic rings. The summed E-state index contributed by atoms with van der Waals surface area (Å²) in [5, 5.41) is 3.03. The van der Waals surface area contributed by atoms with Gasteiger partial charge in [-0.1, -0.05) is 93.4 Å². The summed E-state index contributed by atoms with van der Waals surface area (Å²) in [5.41, 5.74) is 2.89. The number of piperazine rings is 1. The lowest BCUT2D eigenvalue weighted by atomic mass is 9.92. The summed E-state index contributed by atoms with van der Waals surface area (Å²) in [6.45, 7) is 25.9. The predicted octanol–water partition coefficient (Wildman–Crippen LogP) is 12.5. The molecule has 0 spiro atoms. The summed E-state index contributed by atoms with van der Waals surface area (Å²) < 4.78 is 84.6. The van der Waals surface area contributed by atoms with E-state index in [0.29, 0.717) is 59.4 Å². The van der Waals surface area contributed by atoms with Crippen molar-refractivity contribution in [2.45, 2.75) is 160 Å². The fraction of sp³-hybridized carbons (Fsp3) is 0.608. The van der Waals surface area contributed by atoms with Crippen LogP contribution in [0, 0.1) is 23.1 Å². The fourth-order valence-electron chi connectivity index (χ4n) is 12.4. The quantitative estimate of drug-likeness (QED) is 0.0814. The van der Waals surface area contributed by atoms with Gasteiger partial charge < -0.3 is 24.3 Å². The smallest absolute Gasteiger partial charge is 0.259 e. The van der Waals surface area contributed by atoms with Gasteiger partial charge in [-0.3, -0.25) is 0 Å². The van der Waals surface area contributed by atoms with Crippen LogP contribution in [0.2, 0.25) is 27.7 Å². The monoisotopic (exact) mass is 918 g/mol. The third-order valence-electron chi connectivity index (χ3n) is 15.1. The van der Waals surface area contributed by atoms with Gasteiger partial charge in [-0.05, 0) is 93.0 Å². The molecule has 3 atom stereocenters. The van der Waals surface area contributed by atoms with E-state index in [4.69, 9.17) is 14.1 Å². The number of anilines is 1. The number of likely N-dealkylation sites (tertiary alicyclic amines) is 1. The van der Waals surface area contributed by atoms with Crippen molar-refractivity contribution in [3.05, 3.63) is 53.9 Å². The zero-order valence-electron chi connectivity index (χ0n) is 40.5. The van der Waals surface area contributed by atoms with Crippen LogP contribution in [0.1, 0.15) is 114 Å². The molecule has 2 bridgehead atoms. The molecular weight excluding hydrogens is 847 g/mol. The number of nitrogens with zero attached hydrogens (tertiary/aromatic N) is 4. The van der Waals surface area contributed by atoms with Crippen molar-refractivity contribution in [1.29, 1.82) is 0 Å². The number of nitrogens with one attached hydrogen (secondary N) is 1. The molecule has 3 saturated heterocycles. The van der Waals surface area contributed by atoms with Crippen molar-refractivity contribution in [3.63, 3.8) is 0 Å². The maximum Gasteiger partial charge on any atom is 0.259 e. The van der Waals surface area contributed by atoms with Gasteiger partial charge in [-0.2, -0.15) is 0 Å². The summed E-state index contributed by atoms with van der Waals surface area (Å²) in [7, 11) is -4.19. The lowest BCUT2D eigenvalue weighted by Crippen LogP contribution is -2.56. The molecule has 0 aliphatic carbocycles. The molecule has 4 heterocycles. The molecule has 0 saturated carbocycles. The van der Waals surface area contributed by atoms with Gasteiger partial charge in [0.1, 0.15) is 29.9 Å². The first kappa shape index (κ1) is 48.2. The molecule has 64 heavy (non-hydrogen) atoms. The first-order valence-electron chi connectivity index (χ1n) is 23.7. The van der Waals surface area contributed by atoms with Crippen LogP contribution in [0.4, 0.5) is 23.2 Å². The average Bonchev–Trinajstić information content (AvgIpc) is 3.55. The lowest BCUT2D eigenvalue weighted by molar-refractivity contribution is 0.0161. The van der Waals surface area contributed by atoms with E-state index in [0.717, 1.165) is 19.4 Å². The normalized spacial score (nSPS) is 21.2. The highest BCUT2D eigenvalue weighted by Crippen LogP contribution is 2.57. The minimum Gasteiger partial charge on any atom is -0.539 e. The molecule has 3 aliphatic heterocycles. The Hall–Kier alpha value is -3.71. The Morgan fingerprint density at radius 3 is 2.09 bits per heavy atom. The topological polar surface area (TPSA) is 62.8 Å². The van der Waals surface area contributed by atoms with Gasteiger partial charge in [0.15, 0.2) is 25.2 Å². The molecule has 0 radical (unpaired) electrons. The molecule has 3 fully saturated rings. The number of aromatic nitrogens is 2. The zero-order valence-corrected chi connectivity index (χ0v) is 42.5. The van der Waals surface area contributed by atoms with Crippen LogP contribution in [-0.4, -0.2) is 94.1 Å². The first-order valence-corrected chi connectivity index (χ1v) is 28.0. The Balaban J connectivity index is 1.69. The van der Waals surface area contributed by atoms with E-state index in [-0.39, 0.29) is 69.6 Å². The number of para-hydroxylation sites is 1. The highest BCUT2D eigenvalue weighted by Gasteiger charge is 2.53. The lowest BCUT2D eigenvalue weighted by Gasteiger charge is -2.45. The number of ether oxygens (including phenoxy) is 1. The number of hydrogen-bond donors (Lipinski definition) is 1. The molecule has 7 nitrogen and oxygen atoms in total. The van der Waals surface area contributed by atoms with Crippen molar-refractivity contribution in [3.8, 4) is 34.2 Å². The Morgan fingerprint density at radius 1 is 0.891 bits per heavy atom. The van der Waals surface area contributed by atoms with Crippen LogP contribution < -0.4 is 19.4 Å². The van der Waals surface area contributed by atoms with E-state index >= 15 is 17.6 Å². The Labute approximate surface area is 381 Å². The Kier molecular flexibility index (Phi) is 13.7. The van der Waals surface area contributed by atoms with Gasteiger partial charge in [-0.25, -0.2) is 27.5 Å². The number of piperidine rings is 1. The number of fused-ring (bicyclic) bond motifs is 4. The van der Waals surface area contributed by atoms with Crippen LogP contribution in [0.15, 0.2) is 36.7 Å². The number of rotatable bonds is 13. The first-order chi connectivity index (χ1) is 30.1. The number of hydrogen-bond acceptors (Lipinski definition) is 7. The van der Waals surface area contributed by atoms with Crippen molar-refractivity contribution < 1.29 is 26.7 Å². The largest absolute Gasteiger partial charge is 0.539 e. The van der Waals surface area contributed by atoms with Gasteiger partial charge in [0.05, 0.1) is 28.0 Å². The summed E-state index contributed by atoms with van der Waals surface area (Å²) in [6.07, 6.45) is 4.33. The van der Waals surface area contributed by atoms with Crippen molar-refractivity contribution in [2.75, 3.05) is 44.7 Å². The van der Waals surface area contributed by atoms with Crippen molar-refractivity contribution >= 4 is 43.8 Å². The summed E-state index contributed by atoms with van der Waals surface area (Å²) in [4.78, 5) is 13.7. The average molecular weight is 918 g/mol. The van der Waals surface area contributed by atoms with Crippen LogP contribution in [0.25, 0.3) is 32.9 Å². The summed E-state index contributed by atoms with van der Waals surface area (Å²) in [5.74, 6) is 1.80. The third kappa shape index (κ3) is 8.47. The van der Waals surface area contributed by atoms with E-state index < -0.39 is 44.5 Å².